The average Bonchev–Trinajstić information content (AvgIpc) is 2.77. The van der Waals surface area contributed by atoms with Crippen molar-refractivity contribution in [2.24, 2.45) is 0 Å². The second kappa shape index (κ2) is 8.43. The number of benzene rings is 3. The van der Waals surface area contributed by atoms with Crippen molar-refractivity contribution in [1.82, 2.24) is 5.32 Å². The van der Waals surface area contributed by atoms with Crippen molar-refractivity contribution in [3.05, 3.63) is 94.0 Å². The Bertz CT molecular complexity index is 1070. The molecule has 0 saturated heterocycles. The molecule has 146 valence electrons. The quantitative estimate of drug-likeness (QED) is 0.668. The summed E-state index contributed by atoms with van der Waals surface area (Å²) in [5.74, 6) is 8.22. The molecule has 0 aliphatic carbocycles. The molecule has 3 aromatic rings. The Hall–Kier alpha value is -3.22. The summed E-state index contributed by atoms with van der Waals surface area (Å²) in [6.07, 6.45) is 0.962. The molecule has 1 aliphatic rings. The predicted octanol–water partition coefficient (Wildman–Crippen LogP) is 4.65. The molecule has 0 fully saturated rings. The molecule has 3 nitrogen and oxygen atoms in total. The number of aryl methyl sites for hydroxylation is 1. The van der Waals surface area contributed by atoms with E-state index in [1.807, 2.05) is 6.07 Å². The zero-order chi connectivity index (χ0) is 20.2. The lowest BCUT2D eigenvalue weighted by molar-refractivity contribution is 0.353. The lowest BCUT2D eigenvalue weighted by Gasteiger charge is -2.29. The van der Waals surface area contributed by atoms with Crippen LogP contribution in [0.25, 0.3) is 0 Å². The summed E-state index contributed by atoms with van der Waals surface area (Å²) in [5, 5.41) is 3.66. The molecule has 1 unspecified atom stereocenters. The van der Waals surface area contributed by atoms with Crippen LogP contribution in [0.1, 0.15) is 39.4 Å². The lowest BCUT2D eigenvalue weighted by atomic mass is 9.87. The number of ether oxygens (including phenoxy) is 2. The molecule has 1 N–H and O–H groups in total. The minimum Gasteiger partial charge on any atom is -0.493 e. The summed E-state index contributed by atoms with van der Waals surface area (Å²) in [5.41, 5.74) is 6.98. The molecule has 4 rings (SSSR count). The van der Waals surface area contributed by atoms with Gasteiger partial charge in [-0.25, -0.2) is 0 Å². The third-order valence-electron chi connectivity index (χ3n) is 5.36. The fraction of sp³-hybridized carbons (Fsp3) is 0.231. The van der Waals surface area contributed by atoms with Crippen molar-refractivity contribution >= 4 is 0 Å². The zero-order valence-corrected chi connectivity index (χ0v) is 17.1. The number of methoxy groups -OCH3 is 2. The van der Waals surface area contributed by atoms with Crippen molar-refractivity contribution in [2.75, 3.05) is 20.8 Å². The Morgan fingerprint density at radius 1 is 0.862 bits per heavy atom. The van der Waals surface area contributed by atoms with E-state index in [2.05, 4.69) is 78.7 Å². The first-order valence-electron chi connectivity index (χ1n) is 9.85. The second-order valence-electron chi connectivity index (χ2n) is 7.25. The van der Waals surface area contributed by atoms with Crippen molar-refractivity contribution in [1.29, 1.82) is 0 Å². The maximum absolute atomic E-state index is 5.55. The van der Waals surface area contributed by atoms with Gasteiger partial charge in [0.2, 0.25) is 0 Å². The lowest BCUT2D eigenvalue weighted by Crippen LogP contribution is -2.31. The molecule has 0 bridgehead atoms. The Balaban J connectivity index is 1.75. The third kappa shape index (κ3) is 3.99. The minimum atomic E-state index is 0.0714. The van der Waals surface area contributed by atoms with Crippen LogP contribution >= 0.6 is 0 Å². The molecular weight excluding hydrogens is 358 g/mol. The highest BCUT2D eigenvalue weighted by atomic mass is 16.5. The Labute approximate surface area is 172 Å². The van der Waals surface area contributed by atoms with Gasteiger partial charge in [0, 0.05) is 17.7 Å². The Morgan fingerprint density at radius 2 is 1.59 bits per heavy atom. The minimum absolute atomic E-state index is 0.0714. The van der Waals surface area contributed by atoms with Crippen molar-refractivity contribution in [3.63, 3.8) is 0 Å². The summed E-state index contributed by atoms with van der Waals surface area (Å²) in [6, 6.07) is 20.9. The third-order valence-corrected chi connectivity index (χ3v) is 5.36. The molecule has 0 amide bonds. The van der Waals surface area contributed by atoms with Gasteiger partial charge in [0.1, 0.15) is 0 Å². The van der Waals surface area contributed by atoms with Gasteiger partial charge in [-0.2, -0.15) is 0 Å². The van der Waals surface area contributed by atoms with Crippen molar-refractivity contribution in [2.45, 2.75) is 19.4 Å². The average molecular weight is 383 g/mol. The van der Waals surface area contributed by atoms with E-state index < -0.39 is 0 Å². The summed E-state index contributed by atoms with van der Waals surface area (Å²) in [7, 11) is 3.36. The molecular formula is C26H25NO2. The Morgan fingerprint density at radius 3 is 2.34 bits per heavy atom. The van der Waals surface area contributed by atoms with Crippen LogP contribution in [0.4, 0.5) is 0 Å². The molecule has 1 atom stereocenters. The van der Waals surface area contributed by atoms with Crippen LogP contribution in [0.3, 0.4) is 0 Å². The van der Waals surface area contributed by atoms with Crippen molar-refractivity contribution < 1.29 is 9.47 Å². The smallest absolute Gasteiger partial charge is 0.161 e. The fourth-order valence-electron chi connectivity index (χ4n) is 3.80. The summed E-state index contributed by atoms with van der Waals surface area (Å²) in [6.45, 7) is 2.99. The van der Waals surface area contributed by atoms with Gasteiger partial charge in [-0.1, -0.05) is 47.7 Å². The molecule has 3 aromatic carbocycles. The SMILES string of the molecule is COc1cc2c(cc1OC)C(c1ccccc1C#Cc1ccc(C)cc1)NCC2. The number of fused-ring (bicyclic) bond motifs is 1. The van der Waals surface area contributed by atoms with E-state index in [1.165, 1.54) is 22.3 Å². The summed E-state index contributed by atoms with van der Waals surface area (Å²) in [4.78, 5) is 0. The molecule has 1 heterocycles. The van der Waals surface area contributed by atoms with E-state index in [0.29, 0.717) is 0 Å². The highest BCUT2D eigenvalue weighted by Gasteiger charge is 2.25. The number of nitrogens with one attached hydrogen (secondary N) is 1. The largest absolute Gasteiger partial charge is 0.493 e. The van der Waals surface area contributed by atoms with Gasteiger partial charge in [-0.05, 0) is 60.4 Å². The summed E-state index contributed by atoms with van der Waals surface area (Å²) < 4.78 is 11.0. The number of hydrogen-bond donors (Lipinski definition) is 1. The molecule has 0 spiro atoms. The highest BCUT2D eigenvalue weighted by molar-refractivity contribution is 5.55. The van der Waals surface area contributed by atoms with Crippen LogP contribution in [0.15, 0.2) is 60.7 Å². The summed E-state index contributed by atoms with van der Waals surface area (Å²) >= 11 is 0. The highest BCUT2D eigenvalue weighted by Crippen LogP contribution is 2.38. The van der Waals surface area contributed by atoms with E-state index >= 15 is 0 Å². The monoisotopic (exact) mass is 383 g/mol. The van der Waals surface area contributed by atoms with Gasteiger partial charge in [-0.3, -0.25) is 0 Å². The van der Waals surface area contributed by atoms with Crippen LogP contribution in [-0.4, -0.2) is 20.8 Å². The van der Waals surface area contributed by atoms with Gasteiger partial charge in [0.15, 0.2) is 11.5 Å². The molecule has 29 heavy (non-hydrogen) atoms. The molecule has 0 aromatic heterocycles. The van der Waals surface area contributed by atoms with Gasteiger partial charge in [0.05, 0.1) is 20.3 Å². The van der Waals surface area contributed by atoms with Crippen LogP contribution in [0.2, 0.25) is 0 Å². The molecule has 0 saturated carbocycles. The zero-order valence-electron chi connectivity index (χ0n) is 17.1. The second-order valence-corrected chi connectivity index (χ2v) is 7.25. The van der Waals surface area contributed by atoms with Crippen LogP contribution < -0.4 is 14.8 Å². The van der Waals surface area contributed by atoms with E-state index in [4.69, 9.17) is 9.47 Å². The van der Waals surface area contributed by atoms with E-state index in [-0.39, 0.29) is 6.04 Å². The molecule has 1 aliphatic heterocycles. The van der Waals surface area contributed by atoms with Crippen molar-refractivity contribution in [3.8, 4) is 23.3 Å². The maximum atomic E-state index is 5.55. The van der Waals surface area contributed by atoms with Crippen LogP contribution in [0.5, 0.6) is 11.5 Å². The first-order chi connectivity index (χ1) is 14.2. The standard InChI is InChI=1S/C26H25NO2/c1-18-8-10-19(11-9-18)12-13-20-6-4-5-7-22(20)26-23-17-25(29-3)24(28-2)16-21(23)14-15-27-26/h4-11,16-17,26-27H,14-15H2,1-3H3. The van der Waals surface area contributed by atoms with Gasteiger partial charge in [-0.15, -0.1) is 0 Å². The first kappa shape index (κ1) is 19.1. The normalized spacial score (nSPS) is 15.1. The molecule has 3 heteroatoms. The van der Waals surface area contributed by atoms with E-state index in [9.17, 15) is 0 Å². The topological polar surface area (TPSA) is 30.5 Å². The van der Waals surface area contributed by atoms with Crippen LogP contribution in [0, 0.1) is 18.8 Å². The molecule has 0 radical (unpaired) electrons. The Kier molecular flexibility index (Phi) is 5.55. The van der Waals surface area contributed by atoms with Gasteiger partial charge >= 0.3 is 0 Å². The fourth-order valence-corrected chi connectivity index (χ4v) is 3.80. The maximum Gasteiger partial charge on any atom is 0.161 e. The van der Waals surface area contributed by atoms with E-state index in [1.54, 1.807) is 14.2 Å². The van der Waals surface area contributed by atoms with Gasteiger partial charge in [0.25, 0.3) is 0 Å². The number of rotatable bonds is 3. The van der Waals surface area contributed by atoms with Crippen LogP contribution in [-0.2, 0) is 6.42 Å². The van der Waals surface area contributed by atoms with E-state index in [0.717, 1.165) is 35.6 Å². The number of hydrogen-bond acceptors (Lipinski definition) is 3. The predicted molar refractivity (Wildman–Crippen MR) is 117 cm³/mol. The van der Waals surface area contributed by atoms with Gasteiger partial charge < -0.3 is 14.8 Å². The first-order valence-corrected chi connectivity index (χ1v) is 9.85.